The van der Waals surface area contributed by atoms with Crippen molar-refractivity contribution in [3.63, 3.8) is 0 Å². The van der Waals surface area contributed by atoms with E-state index < -0.39 is 0 Å². The van der Waals surface area contributed by atoms with E-state index in [-0.39, 0.29) is 5.89 Å². The fourth-order valence-electron chi connectivity index (χ4n) is 1.14. The molecule has 0 amide bonds. The molecule has 1 aromatic carbocycles. The molecule has 1 aromatic heterocycles. The van der Waals surface area contributed by atoms with Gasteiger partial charge < -0.3 is 4.52 Å². The number of carbonyl (C=O) groups is 1. The molecule has 2 rings (SSSR count). The van der Waals surface area contributed by atoms with Gasteiger partial charge in [-0.05, 0) is 30.5 Å². The number of aromatic nitrogens is 2. The molecule has 0 aliphatic carbocycles. The van der Waals surface area contributed by atoms with Crippen molar-refractivity contribution in [1.29, 1.82) is 0 Å². The highest BCUT2D eigenvalue weighted by atomic mass is 32.2. The van der Waals surface area contributed by atoms with Gasteiger partial charge in [-0.25, -0.2) is 0 Å². The van der Waals surface area contributed by atoms with Gasteiger partial charge in [0.05, 0.1) is 0 Å². The van der Waals surface area contributed by atoms with Gasteiger partial charge >= 0.3 is 0 Å². The zero-order chi connectivity index (χ0) is 10.7. The quantitative estimate of drug-likeness (QED) is 0.586. The van der Waals surface area contributed by atoms with Crippen molar-refractivity contribution in [2.24, 2.45) is 0 Å². The van der Waals surface area contributed by atoms with Gasteiger partial charge in [-0.15, -0.1) is 11.8 Å². The van der Waals surface area contributed by atoms with Crippen molar-refractivity contribution < 1.29 is 9.32 Å². The van der Waals surface area contributed by atoms with E-state index in [1.165, 1.54) is 0 Å². The van der Waals surface area contributed by atoms with E-state index in [0.717, 1.165) is 10.5 Å². The van der Waals surface area contributed by atoms with Gasteiger partial charge in [-0.1, -0.05) is 5.16 Å². The zero-order valence-electron chi connectivity index (χ0n) is 8.01. The third-order valence-corrected chi connectivity index (χ3v) is 2.63. The van der Waals surface area contributed by atoms with E-state index in [1.54, 1.807) is 11.8 Å². The Hall–Kier alpha value is -1.62. The molecule has 4 nitrogen and oxygen atoms in total. The van der Waals surface area contributed by atoms with E-state index in [4.69, 9.17) is 4.52 Å². The van der Waals surface area contributed by atoms with Crippen LogP contribution in [0, 0.1) is 0 Å². The van der Waals surface area contributed by atoms with Gasteiger partial charge in [0.25, 0.3) is 5.89 Å². The summed E-state index contributed by atoms with van der Waals surface area (Å²) in [7, 11) is 0. The van der Waals surface area contributed by atoms with Crippen LogP contribution in [0.15, 0.2) is 33.7 Å². The number of carbonyl (C=O) groups excluding carboxylic acids is 1. The monoisotopic (exact) mass is 220 g/mol. The van der Waals surface area contributed by atoms with E-state index in [1.807, 2.05) is 30.5 Å². The van der Waals surface area contributed by atoms with Crippen molar-refractivity contribution in [3.8, 4) is 11.4 Å². The van der Waals surface area contributed by atoms with Gasteiger partial charge in [-0.2, -0.15) is 4.98 Å². The number of thioether (sulfide) groups is 1. The van der Waals surface area contributed by atoms with Gasteiger partial charge in [0.1, 0.15) is 0 Å². The molecule has 0 unspecified atom stereocenters. The Bertz CT molecular complexity index is 465. The number of nitrogens with zero attached hydrogens (tertiary/aromatic N) is 2. The predicted octanol–water partition coefficient (Wildman–Crippen LogP) is 2.27. The Balaban J connectivity index is 2.32. The maximum Gasteiger partial charge on any atom is 0.291 e. The van der Waals surface area contributed by atoms with Crippen LogP contribution in [0.2, 0.25) is 0 Å². The van der Waals surface area contributed by atoms with Crippen LogP contribution in [0.3, 0.4) is 0 Å². The zero-order valence-corrected chi connectivity index (χ0v) is 8.82. The van der Waals surface area contributed by atoms with E-state index >= 15 is 0 Å². The third kappa shape index (κ3) is 2.07. The van der Waals surface area contributed by atoms with Crippen LogP contribution in [-0.2, 0) is 0 Å². The Morgan fingerprint density at radius 2 is 2.07 bits per heavy atom. The maximum atomic E-state index is 10.4. The van der Waals surface area contributed by atoms with Crippen LogP contribution >= 0.6 is 11.8 Å². The average molecular weight is 220 g/mol. The fourth-order valence-corrected chi connectivity index (χ4v) is 1.55. The number of hydrogen-bond acceptors (Lipinski definition) is 5. The molecule has 0 fully saturated rings. The molecule has 0 aliphatic heterocycles. The molecule has 1 heterocycles. The lowest BCUT2D eigenvalue weighted by Gasteiger charge is -1.96. The summed E-state index contributed by atoms with van der Waals surface area (Å²) in [6, 6.07) is 7.73. The molecule has 2 aromatic rings. The maximum absolute atomic E-state index is 10.4. The summed E-state index contributed by atoms with van der Waals surface area (Å²) < 4.78 is 4.69. The topological polar surface area (TPSA) is 56.0 Å². The summed E-state index contributed by atoms with van der Waals surface area (Å²) in [5.74, 6) is 0.434. The SMILES string of the molecule is CSc1ccc(-c2noc(C=O)n2)cc1. The van der Waals surface area contributed by atoms with Crippen molar-refractivity contribution in [3.05, 3.63) is 30.2 Å². The van der Waals surface area contributed by atoms with Crippen LogP contribution < -0.4 is 0 Å². The summed E-state index contributed by atoms with van der Waals surface area (Å²) >= 11 is 1.66. The van der Waals surface area contributed by atoms with E-state index in [0.29, 0.717) is 12.1 Å². The van der Waals surface area contributed by atoms with Crippen molar-refractivity contribution >= 4 is 18.0 Å². The minimum absolute atomic E-state index is 0.000979. The Labute approximate surface area is 90.7 Å². The lowest BCUT2D eigenvalue weighted by atomic mass is 10.2. The molecule has 0 saturated carbocycles. The molecule has 0 saturated heterocycles. The van der Waals surface area contributed by atoms with Crippen molar-refractivity contribution in [2.45, 2.75) is 4.90 Å². The largest absolute Gasteiger partial charge is 0.331 e. The van der Waals surface area contributed by atoms with Gasteiger partial charge in [0.2, 0.25) is 12.1 Å². The normalized spacial score (nSPS) is 10.2. The molecule has 76 valence electrons. The minimum atomic E-state index is -0.000979. The van der Waals surface area contributed by atoms with Crippen LogP contribution in [0.1, 0.15) is 10.7 Å². The highest BCUT2D eigenvalue weighted by molar-refractivity contribution is 7.98. The van der Waals surface area contributed by atoms with Crippen LogP contribution in [0.4, 0.5) is 0 Å². The first-order valence-electron chi connectivity index (χ1n) is 4.27. The second-order valence-corrected chi connectivity index (χ2v) is 3.68. The molecule has 5 heteroatoms. The third-order valence-electron chi connectivity index (χ3n) is 1.89. The second kappa shape index (κ2) is 4.27. The molecule has 0 N–H and O–H groups in total. The highest BCUT2D eigenvalue weighted by Crippen LogP contribution is 2.20. The van der Waals surface area contributed by atoms with E-state index in [9.17, 15) is 4.79 Å². The predicted molar refractivity (Wildman–Crippen MR) is 56.9 cm³/mol. The van der Waals surface area contributed by atoms with E-state index in [2.05, 4.69) is 10.1 Å². The number of benzene rings is 1. The lowest BCUT2D eigenvalue weighted by Crippen LogP contribution is -1.81. The molecular formula is C10H8N2O2S. The van der Waals surface area contributed by atoms with Crippen LogP contribution in [-0.4, -0.2) is 22.7 Å². The Morgan fingerprint density at radius 1 is 1.33 bits per heavy atom. The second-order valence-electron chi connectivity index (χ2n) is 2.80. The van der Waals surface area contributed by atoms with Gasteiger partial charge in [0, 0.05) is 10.5 Å². The van der Waals surface area contributed by atoms with Gasteiger partial charge in [0.15, 0.2) is 0 Å². The first kappa shape index (κ1) is 9.92. The molecular weight excluding hydrogens is 212 g/mol. The fraction of sp³-hybridized carbons (Fsp3) is 0.100. The van der Waals surface area contributed by atoms with Crippen molar-refractivity contribution in [1.82, 2.24) is 10.1 Å². The number of rotatable bonds is 3. The summed E-state index contributed by atoms with van der Waals surface area (Å²) in [5, 5.41) is 3.69. The first-order valence-corrected chi connectivity index (χ1v) is 5.49. The molecule has 15 heavy (non-hydrogen) atoms. The highest BCUT2D eigenvalue weighted by Gasteiger charge is 2.06. The lowest BCUT2D eigenvalue weighted by molar-refractivity contribution is 0.108. The average Bonchev–Trinajstić information content (AvgIpc) is 2.78. The molecule has 0 bridgehead atoms. The Morgan fingerprint density at radius 3 is 2.60 bits per heavy atom. The van der Waals surface area contributed by atoms with Crippen molar-refractivity contribution in [2.75, 3.05) is 6.26 Å². The van der Waals surface area contributed by atoms with Crippen LogP contribution in [0.5, 0.6) is 0 Å². The molecule has 0 spiro atoms. The molecule has 0 aliphatic rings. The molecule has 0 atom stereocenters. The summed E-state index contributed by atoms with van der Waals surface area (Å²) in [4.78, 5) is 15.4. The summed E-state index contributed by atoms with van der Waals surface area (Å²) in [6.45, 7) is 0. The first-order chi connectivity index (χ1) is 7.33. The summed E-state index contributed by atoms with van der Waals surface area (Å²) in [6.07, 6.45) is 2.54. The van der Waals surface area contributed by atoms with Gasteiger partial charge in [-0.3, -0.25) is 4.79 Å². The molecule has 0 radical (unpaired) electrons. The Kier molecular flexibility index (Phi) is 2.82. The minimum Gasteiger partial charge on any atom is -0.331 e. The number of hydrogen-bond donors (Lipinski definition) is 0. The standard InChI is InChI=1S/C10H8N2O2S/c1-15-8-4-2-7(3-5-8)10-11-9(6-13)14-12-10/h2-6H,1H3. The van der Waals surface area contributed by atoms with Crippen LogP contribution in [0.25, 0.3) is 11.4 Å². The number of aldehydes is 1. The smallest absolute Gasteiger partial charge is 0.291 e. The summed E-state index contributed by atoms with van der Waals surface area (Å²) in [5.41, 5.74) is 0.838.